The zero-order chi connectivity index (χ0) is 18.4. The fraction of sp³-hybridized carbons (Fsp3) is 0.333. The van der Waals surface area contributed by atoms with Crippen LogP contribution in [0.25, 0.3) is 11.1 Å². The maximum Gasteiger partial charge on any atom is 0.224 e. The molecule has 5 heteroatoms. The normalized spacial score (nSPS) is 15.8. The van der Waals surface area contributed by atoms with Gasteiger partial charge in [0.1, 0.15) is 11.9 Å². The van der Waals surface area contributed by atoms with E-state index >= 15 is 0 Å². The lowest BCUT2D eigenvalue weighted by Gasteiger charge is -2.22. The monoisotopic (exact) mass is 352 g/mol. The lowest BCUT2D eigenvalue weighted by Crippen LogP contribution is -2.41. The van der Waals surface area contributed by atoms with E-state index in [0.717, 1.165) is 16.7 Å². The van der Waals surface area contributed by atoms with Gasteiger partial charge in [-0.25, -0.2) is 4.39 Å². The average molecular weight is 352 g/mol. The molecule has 2 aromatic rings. The molecule has 0 aromatic heterocycles. The van der Waals surface area contributed by atoms with Crippen LogP contribution in [-0.2, 0) is 16.0 Å². The Hall–Kier alpha value is -2.71. The highest BCUT2D eigenvalue weighted by Gasteiger charge is 2.23. The molecule has 0 bridgehead atoms. The third-order valence-corrected chi connectivity index (χ3v) is 4.64. The first kappa shape index (κ1) is 18.1. The molecule has 1 saturated heterocycles. The van der Waals surface area contributed by atoms with Crippen molar-refractivity contribution in [2.45, 2.75) is 25.3 Å². The number of nitrogens with zero attached hydrogens (tertiary/aromatic N) is 1. The van der Waals surface area contributed by atoms with Crippen molar-refractivity contribution in [3.8, 4) is 17.2 Å². The van der Waals surface area contributed by atoms with Crippen LogP contribution in [0.3, 0.4) is 0 Å². The van der Waals surface area contributed by atoms with E-state index in [1.165, 1.54) is 12.1 Å². The first-order chi connectivity index (χ1) is 12.7. The fourth-order valence-electron chi connectivity index (χ4n) is 3.09. The number of rotatable bonds is 5. The highest BCUT2D eigenvalue weighted by Crippen LogP contribution is 2.21. The van der Waals surface area contributed by atoms with E-state index < -0.39 is 6.04 Å². The minimum Gasteiger partial charge on any atom is -0.381 e. The fourth-order valence-corrected chi connectivity index (χ4v) is 3.09. The summed E-state index contributed by atoms with van der Waals surface area (Å²) in [6.07, 6.45) is 1.86. The van der Waals surface area contributed by atoms with Gasteiger partial charge in [-0.15, -0.1) is 0 Å². The van der Waals surface area contributed by atoms with Gasteiger partial charge in [-0.2, -0.15) is 5.26 Å². The van der Waals surface area contributed by atoms with Crippen LogP contribution in [0, 0.1) is 23.1 Å². The van der Waals surface area contributed by atoms with Gasteiger partial charge in [0.05, 0.1) is 6.07 Å². The Balaban J connectivity index is 1.60. The second-order valence-corrected chi connectivity index (χ2v) is 6.48. The van der Waals surface area contributed by atoms with Gasteiger partial charge in [-0.05, 0) is 41.7 Å². The minimum absolute atomic E-state index is 0.0669. The number of amides is 1. The Labute approximate surface area is 152 Å². The van der Waals surface area contributed by atoms with Gasteiger partial charge >= 0.3 is 0 Å². The summed E-state index contributed by atoms with van der Waals surface area (Å²) in [6, 6.07) is 15.7. The van der Waals surface area contributed by atoms with Gasteiger partial charge < -0.3 is 10.1 Å². The van der Waals surface area contributed by atoms with E-state index in [1.807, 2.05) is 24.3 Å². The summed E-state index contributed by atoms with van der Waals surface area (Å²) in [5.41, 5.74) is 2.88. The second kappa shape index (κ2) is 8.59. The minimum atomic E-state index is -0.554. The number of benzene rings is 2. The van der Waals surface area contributed by atoms with Gasteiger partial charge in [-0.3, -0.25) is 4.79 Å². The summed E-state index contributed by atoms with van der Waals surface area (Å²) in [5.74, 6) is -0.397. The third kappa shape index (κ3) is 4.68. The van der Waals surface area contributed by atoms with Crippen LogP contribution in [0.1, 0.15) is 18.4 Å². The maximum absolute atomic E-state index is 13.0. The van der Waals surface area contributed by atoms with Crippen molar-refractivity contribution in [1.29, 1.82) is 5.26 Å². The number of halogens is 1. The highest BCUT2D eigenvalue weighted by atomic mass is 19.1. The lowest BCUT2D eigenvalue weighted by atomic mass is 9.98. The van der Waals surface area contributed by atoms with Crippen molar-refractivity contribution in [2.24, 2.45) is 5.92 Å². The topological polar surface area (TPSA) is 62.1 Å². The number of hydrogen-bond acceptors (Lipinski definition) is 3. The van der Waals surface area contributed by atoms with Crippen LogP contribution < -0.4 is 5.32 Å². The quantitative estimate of drug-likeness (QED) is 0.896. The van der Waals surface area contributed by atoms with Crippen molar-refractivity contribution in [3.63, 3.8) is 0 Å². The maximum atomic E-state index is 13.0. The van der Waals surface area contributed by atoms with Crippen LogP contribution in [0.2, 0.25) is 0 Å². The molecular formula is C21H21FN2O2. The average Bonchev–Trinajstić information content (AvgIpc) is 2.69. The summed E-state index contributed by atoms with van der Waals surface area (Å²) in [7, 11) is 0. The van der Waals surface area contributed by atoms with E-state index in [0.29, 0.717) is 32.5 Å². The second-order valence-electron chi connectivity index (χ2n) is 6.48. The molecule has 0 aliphatic carbocycles. The molecule has 1 heterocycles. The van der Waals surface area contributed by atoms with E-state index in [9.17, 15) is 14.4 Å². The van der Waals surface area contributed by atoms with E-state index in [4.69, 9.17) is 4.74 Å². The van der Waals surface area contributed by atoms with Crippen molar-refractivity contribution >= 4 is 5.91 Å². The molecule has 134 valence electrons. The number of nitrogens with one attached hydrogen (secondary N) is 1. The number of carbonyl (C=O) groups excluding carboxylic acids is 1. The van der Waals surface area contributed by atoms with Gasteiger partial charge in [0.2, 0.25) is 5.91 Å². The zero-order valence-electron chi connectivity index (χ0n) is 14.5. The van der Waals surface area contributed by atoms with Crippen LogP contribution in [-0.4, -0.2) is 25.2 Å². The van der Waals surface area contributed by atoms with Gasteiger partial charge in [-0.1, -0.05) is 36.4 Å². The highest BCUT2D eigenvalue weighted by molar-refractivity contribution is 5.79. The third-order valence-electron chi connectivity index (χ3n) is 4.64. The Kier molecular flexibility index (Phi) is 5.98. The van der Waals surface area contributed by atoms with Crippen molar-refractivity contribution in [3.05, 3.63) is 59.9 Å². The van der Waals surface area contributed by atoms with Crippen molar-refractivity contribution in [2.75, 3.05) is 13.2 Å². The molecule has 3 rings (SSSR count). The summed E-state index contributed by atoms with van der Waals surface area (Å²) in [6.45, 7) is 1.19. The molecule has 1 aliphatic heterocycles. The molecule has 1 aliphatic rings. The molecule has 1 amide bonds. The molecule has 1 fully saturated rings. The SMILES string of the molecule is N#CC(Cc1ccc(-c2ccc(F)cc2)cc1)NC(=O)C1CCOCC1. The van der Waals surface area contributed by atoms with Crippen LogP contribution in [0.5, 0.6) is 0 Å². The predicted molar refractivity (Wildman–Crippen MR) is 96.6 cm³/mol. The van der Waals surface area contributed by atoms with E-state index in [-0.39, 0.29) is 17.6 Å². The Bertz CT molecular complexity index is 775. The Morgan fingerprint density at radius 3 is 2.27 bits per heavy atom. The molecule has 0 radical (unpaired) electrons. The molecule has 1 unspecified atom stereocenters. The first-order valence-corrected chi connectivity index (χ1v) is 8.78. The smallest absolute Gasteiger partial charge is 0.224 e. The van der Waals surface area contributed by atoms with Gasteiger partial charge in [0.25, 0.3) is 0 Å². The standard InChI is InChI=1S/C21H21FN2O2/c22-19-7-5-17(6-8-19)16-3-1-15(2-4-16)13-20(14-23)24-21(25)18-9-11-26-12-10-18/h1-8,18,20H,9-13H2,(H,24,25). The summed E-state index contributed by atoms with van der Waals surface area (Å²) < 4.78 is 18.3. The molecule has 0 saturated carbocycles. The number of carbonyl (C=O) groups is 1. The summed E-state index contributed by atoms with van der Waals surface area (Å²) >= 11 is 0. The van der Waals surface area contributed by atoms with Crippen LogP contribution >= 0.6 is 0 Å². The van der Waals surface area contributed by atoms with Crippen molar-refractivity contribution < 1.29 is 13.9 Å². The zero-order valence-corrected chi connectivity index (χ0v) is 14.5. The van der Waals surface area contributed by atoms with Gasteiger partial charge in [0.15, 0.2) is 0 Å². The van der Waals surface area contributed by atoms with Crippen molar-refractivity contribution in [1.82, 2.24) is 5.32 Å². The molecule has 26 heavy (non-hydrogen) atoms. The Morgan fingerprint density at radius 1 is 1.12 bits per heavy atom. The molecule has 4 nitrogen and oxygen atoms in total. The number of ether oxygens (including phenoxy) is 1. The number of nitriles is 1. The van der Waals surface area contributed by atoms with E-state index in [1.54, 1.807) is 12.1 Å². The summed E-state index contributed by atoms with van der Waals surface area (Å²) in [4.78, 5) is 12.3. The lowest BCUT2D eigenvalue weighted by molar-refractivity contribution is -0.128. The molecular weight excluding hydrogens is 331 g/mol. The van der Waals surface area contributed by atoms with E-state index in [2.05, 4.69) is 11.4 Å². The largest absolute Gasteiger partial charge is 0.381 e. The predicted octanol–water partition coefficient (Wildman–Crippen LogP) is 3.47. The molecule has 1 atom stereocenters. The van der Waals surface area contributed by atoms with Crippen LogP contribution in [0.4, 0.5) is 4.39 Å². The summed E-state index contributed by atoms with van der Waals surface area (Å²) in [5, 5.41) is 12.2. The number of hydrogen-bond donors (Lipinski definition) is 1. The molecule has 1 N–H and O–H groups in total. The van der Waals surface area contributed by atoms with Gasteiger partial charge in [0, 0.05) is 25.6 Å². The first-order valence-electron chi connectivity index (χ1n) is 8.78. The van der Waals surface area contributed by atoms with Crippen LogP contribution in [0.15, 0.2) is 48.5 Å². The Morgan fingerprint density at radius 2 is 1.69 bits per heavy atom. The molecule has 0 spiro atoms. The molecule has 2 aromatic carbocycles.